The van der Waals surface area contributed by atoms with Crippen LogP contribution in [0, 0.1) is 0 Å². The number of halogens is 3. The van der Waals surface area contributed by atoms with Crippen molar-refractivity contribution in [1.82, 2.24) is 15.3 Å². The molecule has 2 N–H and O–H groups in total. The maximum atomic E-state index is 13.6. The summed E-state index contributed by atoms with van der Waals surface area (Å²) in [5, 5.41) is 8.04. The number of carbonyl (C=O) groups excluding carboxylic acids is 1. The molecule has 6 nitrogen and oxygen atoms in total. The molecule has 3 aromatic rings. The second kappa shape index (κ2) is 10.4. The van der Waals surface area contributed by atoms with Crippen molar-refractivity contribution in [3.05, 3.63) is 53.2 Å². The summed E-state index contributed by atoms with van der Waals surface area (Å²) in [7, 11) is 0. The van der Waals surface area contributed by atoms with Gasteiger partial charge in [0, 0.05) is 28.9 Å². The zero-order valence-corrected chi connectivity index (χ0v) is 19.4. The van der Waals surface area contributed by atoms with Gasteiger partial charge in [-0.1, -0.05) is 19.8 Å². The molecule has 10 heteroatoms. The third-order valence-electron chi connectivity index (χ3n) is 5.25. The second-order valence-electron chi connectivity index (χ2n) is 8.11. The monoisotopic (exact) mass is 490 g/mol. The Balaban J connectivity index is 1.44. The van der Waals surface area contributed by atoms with Gasteiger partial charge in [-0.05, 0) is 49.6 Å². The van der Waals surface area contributed by atoms with E-state index in [0.29, 0.717) is 28.5 Å². The average molecular weight is 491 g/mol. The number of benzene rings is 1. The number of pyridine rings is 1. The van der Waals surface area contributed by atoms with Gasteiger partial charge in [-0.3, -0.25) is 9.78 Å². The van der Waals surface area contributed by atoms with Crippen LogP contribution in [0.15, 0.2) is 41.9 Å². The zero-order chi connectivity index (χ0) is 24.1. The highest BCUT2D eigenvalue weighted by Gasteiger charge is 2.35. The van der Waals surface area contributed by atoms with Crippen LogP contribution in [0.25, 0.3) is 11.3 Å². The van der Waals surface area contributed by atoms with Gasteiger partial charge in [0.25, 0.3) is 5.91 Å². The summed E-state index contributed by atoms with van der Waals surface area (Å²) in [6, 6.07) is 7.54. The summed E-state index contributed by atoms with van der Waals surface area (Å²) >= 11 is 1.26. The van der Waals surface area contributed by atoms with Crippen molar-refractivity contribution in [1.29, 1.82) is 0 Å². The standard InChI is InChI=1S/C24H25F3N4O2S/c1-2-3-4-11-33-21-10-8-17(12-18(21)24(25,26)27)30-23-31-20(14-34-23)15-5-9-19(28-13-15)22(32)29-16-6-7-16/h5,8-10,12-14,16H,2-4,6-7,11H2,1H3,(H,29,32)(H,30,31). The molecule has 2 aromatic heterocycles. The number of aromatic nitrogens is 2. The summed E-state index contributed by atoms with van der Waals surface area (Å²) in [4.78, 5) is 20.7. The van der Waals surface area contributed by atoms with Crippen LogP contribution < -0.4 is 15.4 Å². The summed E-state index contributed by atoms with van der Waals surface area (Å²) in [5.74, 6) is -0.376. The van der Waals surface area contributed by atoms with Gasteiger partial charge in [-0.25, -0.2) is 4.98 Å². The number of anilines is 2. The first kappa shape index (κ1) is 24.0. The Morgan fingerprint density at radius 3 is 2.71 bits per heavy atom. The smallest absolute Gasteiger partial charge is 0.420 e. The molecule has 1 aromatic carbocycles. The molecule has 2 heterocycles. The zero-order valence-electron chi connectivity index (χ0n) is 18.6. The average Bonchev–Trinajstić information content (AvgIpc) is 3.51. The predicted octanol–water partition coefficient (Wildman–Crippen LogP) is 6.43. The first-order valence-electron chi connectivity index (χ1n) is 11.2. The molecule has 0 bridgehead atoms. The van der Waals surface area contributed by atoms with E-state index < -0.39 is 11.7 Å². The van der Waals surface area contributed by atoms with Crippen LogP contribution >= 0.6 is 11.3 Å². The fraction of sp³-hybridized carbons (Fsp3) is 0.375. The minimum absolute atomic E-state index is 0.175. The van der Waals surface area contributed by atoms with Crippen molar-refractivity contribution >= 4 is 28.1 Å². The Bertz CT molecular complexity index is 1130. The molecule has 0 aliphatic heterocycles. The minimum Gasteiger partial charge on any atom is -0.493 e. The topological polar surface area (TPSA) is 76.1 Å². The van der Waals surface area contributed by atoms with E-state index in [9.17, 15) is 18.0 Å². The maximum absolute atomic E-state index is 13.6. The molecule has 0 radical (unpaired) electrons. The quantitative estimate of drug-likeness (QED) is 0.320. The van der Waals surface area contributed by atoms with Crippen LogP contribution in [0.3, 0.4) is 0 Å². The lowest BCUT2D eigenvalue weighted by Gasteiger charge is -2.15. The van der Waals surface area contributed by atoms with E-state index in [1.165, 1.54) is 17.4 Å². The van der Waals surface area contributed by atoms with Crippen LogP contribution in [0.2, 0.25) is 0 Å². The van der Waals surface area contributed by atoms with Gasteiger partial charge in [0.05, 0.1) is 17.9 Å². The Morgan fingerprint density at radius 2 is 2.03 bits per heavy atom. The third-order valence-corrected chi connectivity index (χ3v) is 6.01. The van der Waals surface area contributed by atoms with Crippen molar-refractivity contribution < 1.29 is 22.7 Å². The first-order valence-corrected chi connectivity index (χ1v) is 12.1. The Kier molecular flexibility index (Phi) is 7.35. The highest BCUT2D eigenvalue weighted by molar-refractivity contribution is 7.14. The number of amides is 1. The molecule has 1 aliphatic rings. The van der Waals surface area contributed by atoms with E-state index in [2.05, 4.69) is 20.6 Å². The molecular weight excluding hydrogens is 465 g/mol. The third kappa shape index (κ3) is 6.25. The van der Waals surface area contributed by atoms with Crippen molar-refractivity contribution in [3.63, 3.8) is 0 Å². The van der Waals surface area contributed by atoms with Crippen molar-refractivity contribution in [2.75, 3.05) is 11.9 Å². The summed E-state index contributed by atoms with van der Waals surface area (Å²) in [5.41, 5.74) is 1.09. The molecule has 1 amide bonds. The second-order valence-corrected chi connectivity index (χ2v) is 8.97. The number of alkyl halides is 3. The lowest BCUT2D eigenvalue weighted by molar-refractivity contribution is -0.138. The van der Waals surface area contributed by atoms with E-state index in [1.54, 1.807) is 29.8 Å². The molecule has 1 aliphatic carbocycles. The summed E-state index contributed by atoms with van der Waals surface area (Å²) in [6.45, 7) is 2.26. The highest BCUT2D eigenvalue weighted by atomic mass is 32.1. The fourth-order valence-corrected chi connectivity index (χ4v) is 3.98. The molecule has 180 valence electrons. The van der Waals surface area contributed by atoms with Crippen LogP contribution in [-0.2, 0) is 6.18 Å². The largest absolute Gasteiger partial charge is 0.493 e. The van der Waals surface area contributed by atoms with Gasteiger partial charge in [0.2, 0.25) is 0 Å². The predicted molar refractivity (Wildman–Crippen MR) is 126 cm³/mol. The van der Waals surface area contributed by atoms with Crippen LogP contribution in [-0.4, -0.2) is 28.5 Å². The van der Waals surface area contributed by atoms with E-state index >= 15 is 0 Å². The van der Waals surface area contributed by atoms with Crippen molar-refractivity contribution in [2.24, 2.45) is 0 Å². The molecule has 0 spiro atoms. The number of nitrogens with zero attached hydrogens (tertiary/aromatic N) is 2. The minimum atomic E-state index is -4.54. The highest BCUT2D eigenvalue weighted by Crippen LogP contribution is 2.39. The van der Waals surface area contributed by atoms with E-state index in [4.69, 9.17) is 4.74 Å². The van der Waals surface area contributed by atoms with E-state index in [1.807, 2.05) is 6.92 Å². The SMILES string of the molecule is CCCCCOc1ccc(Nc2nc(-c3ccc(C(=O)NC4CC4)nc3)cs2)cc1C(F)(F)F. The lowest BCUT2D eigenvalue weighted by atomic mass is 10.1. The number of hydrogen-bond acceptors (Lipinski definition) is 6. The maximum Gasteiger partial charge on any atom is 0.420 e. The van der Waals surface area contributed by atoms with Gasteiger partial charge < -0.3 is 15.4 Å². The van der Waals surface area contributed by atoms with Gasteiger partial charge in [0.1, 0.15) is 11.4 Å². The Hall–Kier alpha value is -3.14. The number of hydrogen-bond donors (Lipinski definition) is 2. The normalized spacial score (nSPS) is 13.5. The molecule has 1 saturated carbocycles. The summed E-state index contributed by atoms with van der Waals surface area (Å²) in [6.07, 6.45) is 1.59. The van der Waals surface area contributed by atoms with Crippen LogP contribution in [0.1, 0.15) is 55.1 Å². The van der Waals surface area contributed by atoms with Gasteiger partial charge in [-0.15, -0.1) is 11.3 Å². The van der Waals surface area contributed by atoms with Gasteiger partial charge >= 0.3 is 6.18 Å². The van der Waals surface area contributed by atoms with Gasteiger partial charge in [0.15, 0.2) is 5.13 Å². The Morgan fingerprint density at radius 1 is 1.21 bits per heavy atom. The number of unbranched alkanes of at least 4 members (excludes halogenated alkanes) is 2. The molecule has 0 unspecified atom stereocenters. The number of thiazole rings is 1. The molecule has 34 heavy (non-hydrogen) atoms. The van der Waals surface area contributed by atoms with E-state index in [0.717, 1.165) is 31.7 Å². The van der Waals surface area contributed by atoms with Crippen LogP contribution in [0.5, 0.6) is 5.75 Å². The number of ether oxygens (including phenoxy) is 1. The molecular formula is C24H25F3N4O2S. The summed E-state index contributed by atoms with van der Waals surface area (Å²) < 4.78 is 46.1. The first-order chi connectivity index (χ1) is 16.3. The molecule has 4 rings (SSSR count). The van der Waals surface area contributed by atoms with E-state index in [-0.39, 0.29) is 30.0 Å². The lowest BCUT2D eigenvalue weighted by Crippen LogP contribution is -2.26. The number of rotatable bonds is 10. The number of carbonyl (C=O) groups is 1. The molecule has 0 saturated heterocycles. The van der Waals surface area contributed by atoms with Gasteiger partial charge in [-0.2, -0.15) is 13.2 Å². The fourth-order valence-electron chi connectivity index (χ4n) is 3.24. The molecule has 1 fully saturated rings. The van der Waals surface area contributed by atoms with Crippen molar-refractivity contribution in [2.45, 2.75) is 51.2 Å². The Labute approximate surface area is 199 Å². The number of nitrogens with one attached hydrogen (secondary N) is 2. The van der Waals surface area contributed by atoms with Crippen LogP contribution in [0.4, 0.5) is 24.0 Å². The van der Waals surface area contributed by atoms with Crippen molar-refractivity contribution in [3.8, 4) is 17.0 Å². The molecule has 0 atom stereocenters.